The van der Waals surface area contributed by atoms with Crippen molar-refractivity contribution >= 4 is 23.2 Å². The van der Waals surface area contributed by atoms with E-state index in [0.29, 0.717) is 0 Å². The van der Waals surface area contributed by atoms with Crippen molar-refractivity contribution in [2.75, 3.05) is 11.9 Å². The van der Waals surface area contributed by atoms with Gasteiger partial charge in [-0.2, -0.15) is 0 Å². The van der Waals surface area contributed by atoms with Crippen LogP contribution in [0.5, 0.6) is 0 Å². The molecule has 0 N–H and O–H groups in total. The van der Waals surface area contributed by atoms with Crippen LogP contribution in [0.2, 0.25) is 0 Å². The van der Waals surface area contributed by atoms with Crippen molar-refractivity contribution < 1.29 is 0 Å². The standard InChI is InChI=1S/C20H18N2S/c1-14-11-12-15(13-16(14)21-2)22-17-7-3-5-9-19(17)23-20-10-6-4-8-18(20)22/h3-5,7-9,11-13H,1,6,10H2,2H3. The molecule has 3 heteroatoms. The molecule has 2 aliphatic carbocycles. The molecule has 1 aromatic carbocycles. The number of anilines is 1. The van der Waals surface area contributed by atoms with Crippen LogP contribution >= 0.6 is 11.8 Å². The molecule has 0 unspecified atom stereocenters. The molecule has 0 saturated carbocycles. The Morgan fingerprint density at radius 3 is 2.91 bits per heavy atom. The molecular formula is C20H18N2S. The van der Waals surface area contributed by atoms with Crippen LogP contribution in [0.15, 0.2) is 93.0 Å². The zero-order valence-electron chi connectivity index (χ0n) is 13.1. The van der Waals surface area contributed by atoms with Gasteiger partial charge in [-0.3, -0.25) is 4.99 Å². The highest BCUT2D eigenvalue weighted by molar-refractivity contribution is 8.03. The lowest BCUT2D eigenvalue weighted by molar-refractivity contribution is 0.957. The highest BCUT2D eigenvalue weighted by Gasteiger charge is 2.28. The van der Waals surface area contributed by atoms with Gasteiger partial charge in [0.2, 0.25) is 0 Å². The lowest BCUT2D eigenvalue weighted by atomic mass is 10.0. The third kappa shape index (κ3) is 2.41. The Morgan fingerprint density at radius 1 is 1.17 bits per heavy atom. The van der Waals surface area contributed by atoms with Gasteiger partial charge in [-0.1, -0.05) is 42.6 Å². The van der Waals surface area contributed by atoms with Crippen LogP contribution in [0.3, 0.4) is 0 Å². The minimum absolute atomic E-state index is 0.945. The normalized spacial score (nSPS) is 21.4. The molecule has 1 aliphatic heterocycles. The van der Waals surface area contributed by atoms with E-state index in [9.17, 15) is 0 Å². The van der Waals surface area contributed by atoms with Gasteiger partial charge in [-0.15, -0.1) is 0 Å². The van der Waals surface area contributed by atoms with Crippen LogP contribution in [0, 0.1) is 0 Å². The van der Waals surface area contributed by atoms with E-state index < -0.39 is 0 Å². The van der Waals surface area contributed by atoms with E-state index >= 15 is 0 Å². The Morgan fingerprint density at radius 2 is 2.04 bits per heavy atom. The highest BCUT2D eigenvalue weighted by atomic mass is 32.2. The second-order valence-electron chi connectivity index (χ2n) is 5.69. The van der Waals surface area contributed by atoms with Crippen molar-refractivity contribution in [2.24, 2.45) is 4.99 Å². The first kappa shape index (κ1) is 14.3. The van der Waals surface area contributed by atoms with Gasteiger partial charge < -0.3 is 4.90 Å². The number of allylic oxidation sites excluding steroid dienone is 7. The molecule has 114 valence electrons. The summed E-state index contributed by atoms with van der Waals surface area (Å²) in [7, 11) is 1.82. The first-order valence-electron chi connectivity index (χ1n) is 7.80. The van der Waals surface area contributed by atoms with Crippen molar-refractivity contribution in [3.63, 3.8) is 0 Å². The van der Waals surface area contributed by atoms with Gasteiger partial charge in [-0.05, 0) is 48.8 Å². The van der Waals surface area contributed by atoms with Gasteiger partial charge in [0, 0.05) is 22.5 Å². The van der Waals surface area contributed by atoms with E-state index in [2.05, 4.69) is 71.1 Å². The van der Waals surface area contributed by atoms with Crippen LogP contribution in [0.1, 0.15) is 12.8 Å². The fourth-order valence-electron chi connectivity index (χ4n) is 3.10. The summed E-state index contributed by atoms with van der Waals surface area (Å²) in [6.07, 6.45) is 13.1. The summed E-state index contributed by atoms with van der Waals surface area (Å²) in [6.45, 7) is 4.06. The molecule has 4 rings (SSSR count). The van der Waals surface area contributed by atoms with Gasteiger partial charge in [-0.25, -0.2) is 0 Å². The second kappa shape index (κ2) is 5.74. The molecule has 23 heavy (non-hydrogen) atoms. The monoisotopic (exact) mass is 318 g/mol. The predicted molar refractivity (Wildman–Crippen MR) is 99.9 cm³/mol. The molecule has 0 fully saturated rings. The lowest BCUT2D eigenvalue weighted by Crippen LogP contribution is -2.26. The molecule has 1 aromatic rings. The SMILES string of the molecule is C=C1C=CC(N2C3=C(CCC=C3)Sc3ccccc32)=CC1=NC. The zero-order chi connectivity index (χ0) is 15.8. The number of benzene rings is 1. The topological polar surface area (TPSA) is 15.6 Å². The van der Waals surface area contributed by atoms with Crippen LogP contribution in [0.25, 0.3) is 0 Å². The van der Waals surface area contributed by atoms with E-state index in [1.807, 2.05) is 18.8 Å². The first-order chi connectivity index (χ1) is 11.3. The van der Waals surface area contributed by atoms with Crippen LogP contribution < -0.4 is 4.90 Å². The van der Waals surface area contributed by atoms with Crippen molar-refractivity contribution in [3.05, 3.63) is 83.1 Å². The molecule has 0 amide bonds. The highest BCUT2D eigenvalue weighted by Crippen LogP contribution is 2.48. The number of aliphatic imine (C=N–C) groups is 1. The maximum Gasteiger partial charge on any atom is 0.0658 e. The van der Waals surface area contributed by atoms with E-state index in [1.54, 1.807) is 0 Å². The van der Waals surface area contributed by atoms with Crippen molar-refractivity contribution in [3.8, 4) is 0 Å². The summed E-state index contributed by atoms with van der Waals surface area (Å²) in [5.41, 5.74) is 5.58. The molecule has 3 aliphatic rings. The van der Waals surface area contributed by atoms with E-state index in [-0.39, 0.29) is 0 Å². The number of hydrogen-bond donors (Lipinski definition) is 0. The van der Waals surface area contributed by atoms with Gasteiger partial charge in [0.1, 0.15) is 0 Å². The Hall–Kier alpha value is -2.26. The van der Waals surface area contributed by atoms with Crippen LogP contribution in [-0.2, 0) is 0 Å². The number of para-hydroxylation sites is 1. The third-order valence-corrected chi connectivity index (χ3v) is 5.47. The van der Waals surface area contributed by atoms with Gasteiger partial charge in [0.15, 0.2) is 0 Å². The Balaban J connectivity index is 1.88. The summed E-state index contributed by atoms with van der Waals surface area (Å²) in [6, 6.07) is 8.61. The molecule has 0 bridgehead atoms. The number of hydrogen-bond acceptors (Lipinski definition) is 3. The average Bonchev–Trinajstić information content (AvgIpc) is 2.60. The molecular weight excluding hydrogens is 300 g/mol. The summed E-state index contributed by atoms with van der Waals surface area (Å²) in [5, 5.41) is 0. The molecule has 2 nitrogen and oxygen atoms in total. The van der Waals surface area contributed by atoms with Crippen LogP contribution in [0.4, 0.5) is 5.69 Å². The number of fused-ring (bicyclic) bond motifs is 1. The quantitative estimate of drug-likeness (QED) is 0.703. The summed E-state index contributed by atoms with van der Waals surface area (Å²) in [5.74, 6) is 0. The fraction of sp³-hybridized carbons (Fsp3) is 0.150. The molecule has 0 radical (unpaired) electrons. The number of rotatable bonds is 1. The molecule has 0 saturated heterocycles. The minimum atomic E-state index is 0.945. The molecule has 0 aromatic heterocycles. The van der Waals surface area contributed by atoms with E-state index in [0.717, 1.165) is 29.8 Å². The van der Waals surface area contributed by atoms with Gasteiger partial charge in [0.05, 0.1) is 17.1 Å². The summed E-state index contributed by atoms with van der Waals surface area (Å²) in [4.78, 5) is 9.47. The maximum atomic E-state index is 4.36. The molecule has 1 heterocycles. The fourth-order valence-corrected chi connectivity index (χ4v) is 4.26. The Kier molecular flexibility index (Phi) is 3.58. The third-order valence-electron chi connectivity index (χ3n) is 4.25. The molecule has 0 atom stereocenters. The van der Waals surface area contributed by atoms with E-state index in [4.69, 9.17) is 0 Å². The van der Waals surface area contributed by atoms with E-state index in [1.165, 1.54) is 21.2 Å². The van der Waals surface area contributed by atoms with Crippen molar-refractivity contribution in [1.29, 1.82) is 0 Å². The number of thioether (sulfide) groups is 1. The van der Waals surface area contributed by atoms with Crippen molar-refractivity contribution in [1.82, 2.24) is 0 Å². The largest absolute Gasteiger partial charge is 0.308 e. The van der Waals surface area contributed by atoms with Gasteiger partial charge in [0.25, 0.3) is 0 Å². The smallest absolute Gasteiger partial charge is 0.0658 e. The zero-order valence-corrected chi connectivity index (χ0v) is 13.9. The predicted octanol–water partition coefficient (Wildman–Crippen LogP) is 5.24. The first-order valence-corrected chi connectivity index (χ1v) is 8.62. The average molecular weight is 318 g/mol. The Bertz CT molecular complexity index is 837. The lowest BCUT2D eigenvalue weighted by Gasteiger charge is -2.36. The van der Waals surface area contributed by atoms with Gasteiger partial charge >= 0.3 is 0 Å². The summed E-state index contributed by atoms with van der Waals surface area (Å²) < 4.78 is 0. The molecule has 0 spiro atoms. The maximum absolute atomic E-state index is 4.36. The van der Waals surface area contributed by atoms with Crippen LogP contribution in [-0.4, -0.2) is 12.8 Å². The second-order valence-corrected chi connectivity index (χ2v) is 6.83. The summed E-state index contributed by atoms with van der Waals surface area (Å²) >= 11 is 1.90. The number of nitrogens with zero attached hydrogens (tertiary/aromatic N) is 2. The Labute approximate surface area is 141 Å². The van der Waals surface area contributed by atoms with Crippen molar-refractivity contribution in [2.45, 2.75) is 17.7 Å². The minimum Gasteiger partial charge on any atom is -0.308 e.